The zero-order chi connectivity index (χ0) is 9.94. The van der Waals surface area contributed by atoms with Crippen molar-refractivity contribution in [3.63, 3.8) is 0 Å². The van der Waals surface area contributed by atoms with Gasteiger partial charge in [-0.1, -0.05) is 13.8 Å². The van der Waals surface area contributed by atoms with Crippen LogP contribution in [-0.2, 0) is 4.74 Å². The molecule has 0 aliphatic heterocycles. The molecule has 0 radical (unpaired) electrons. The van der Waals surface area contributed by atoms with E-state index in [9.17, 15) is 0 Å². The number of ether oxygens (including phenoxy) is 1. The van der Waals surface area contributed by atoms with Crippen LogP contribution in [0.15, 0.2) is 0 Å². The first-order valence-electron chi connectivity index (χ1n) is 5.02. The lowest BCUT2D eigenvalue weighted by Gasteiger charge is -2.07. The highest BCUT2D eigenvalue weighted by Gasteiger charge is 1.91. The first kappa shape index (κ1) is 12.5. The first-order chi connectivity index (χ1) is 6.27. The van der Waals surface area contributed by atoms with Crippen molar-refractivity contribution in [3.05, 3.63) is 0 Å². The molecule has 1 N–H and O–H groups in total. The standard InChI is InChI=1S/C11H21NO/c1-4-5-6-9-13-10-7-8-12-11(2)3/h1,11-12H,5-10H2,2-3H3. The molecule has 2 nitrogen and oxygen atoms in total. The summed E-state index contributed by atoms with van der Waals surface area (Å²) in [5.74, 6) is 2.59. The molecule has 0 aliphatic rings. The number of hydrogen-bond donors (Lipinski definition) is 1. The fraction of sp³-hybridized carbons (Fsp3) is 0.818. The van der Waals surface area contributed by atoms with E-state index in [4.69, 9.17) is 11.2 Å². The summed E-state index contributed by atoms with van der Waals surface area (Å²) < 4.78 is 5.38. The Bertz CT molecular complexity index is 138. The predicted octanol–water partition coefficient (Wildman–Crippen LogP) is 1.80. The molecule has 76 valence electrons. The van der Waals surface area contributed by atoms with Crippen molar-refractivity contribution in [1.82, 2.24) is 5.32 Å². The van der Waals surface area contributed by atoms with Gasteiger partial charge in [-0.2, -0.15) is 0 Å². The molecule has 2 heteroatoms. The largest absolute Gasteiger partial charge is 0.381 e. The summed E-state index contributed by atoms with van der Waals surface area (Å²) in [5, 5.41) is 3.34. The van der Waals surface area contributed by atoms with Crippen LogP contribution in [-0.4, -0.2) is 25.8 Å². The molecule has 0 aromatic rings. The quantitative estimate of drug-likeness (QED) is 0.458. The second-order valence-electron chi connectivity index (χ2n) is 3.38. The summed E-state index contributed by atoms with van der Waals surface area (Å²) in [6, 6.07) is 0.571. The molecule has 0 fully saturated rings. The second kappa shape index (κ2) is 9.57. The van der Waals surface area contributed by atoms with E-state index in [-0.39, 0.29) is 0 Å². The molecular formula is C11H21NO. The highest BCUT2D eigenvalue weighted by molar-refractivity contribution is 4.82. The minimum Gasteiger partial charge on any atom is -0.381 e. The van der Waals surface area contributed by atoms with E-state index < -0.39 is 0 Å². The van der Waals surface area contributed by atoms with Crippen LogP contribution in [0.3, 0.4) is 0 Å². The monoisotopic (exact) mass is 183 g/mol. The van der Waals surface area contributed by atoms with Gasteiger partial charge < -0.3 is 10.1 Å². The summed E-state index contributed by atoms with van der Waals surface area (Å²) in [6.07, 6.45) is 7.99. The predicted molar refractivity (Wildman–Crippen MR) is 56.6 cm³/mol. The minimum atomic E-state index is 0.571. The number of terminal acetylenes is 1. The van der Waals surface area contributed by atoms with E-state index >= 15 is 0 Å². The Labute approximate surface area is 82.1 Å². The van der Waals surface area contributed by atoms with Crippen LogP contribution in [0.2, 0.25) is 0 Å². The van der Waals surface area contributed by atoms with Crippen molar-refractivity contribution >= 4 is 0 Å². The van der Waals surface area contributed by atoms with E-state index in [0.717, 1.165) is 39.0 Å². The van der Waals surface area contributed by atoms with Gasteiger partial charge in [0.25, 0.3) is 0 Å². The molecule has 0 amide bonds. The normalized spacial score (nSPS) is 10.3. The third-order valence-electron chi connectivity index (χ3n) is 1.63. The lowest BCUT2D eigenvalue weighted by Crippen LogP contribution is -2.24. The maximum Gasteiger partial charge on any atom is 0.0478 e. The topological polar surface area (TPSA) is 21.3 Å². The maximum atomic E-state index is 5.38. The summed E-state index contributed by atoms with van der Waals surface area (Å²) in [6.45, 7) is 6.96. The molecule has 0 saturated carbocycles. The third kappa shape index (κ3) is 11.5. The Hall–Kier alpha value is -0.520. The molecule has 0 unspecified atom stereocenters. The SMILES string of the molecule is C#CCCCOCCCNC(C)C. The lowest BCUT2D eigenvalue weighted by atomic mass is 10.3. The van der Waals surface area contributed by atoms with Crippen LogP contribution in [0.5, 0.6) is 0 Å². The molecule has 0 rings (SSSR count). The van der Waals surface area contributed by atoms with Gasteiger partial charge in [0.2, 0.25) is 0 Å². The molecule has 0 bridgehead atoms. The fourth-order valence-electron chi connectivity index (χ4n) is 0.943. The molecule has 0 saturated heterocycles. The highest BCUT2D eigenvalue weighted by Crippen LogP contribution is 1.89. The molecule has 13 heavy (non-hydrogen) atoms. The summed E-state index contributed by atoms with van der Waals surface area (Å²) in [4.78, 5) is 0. The molecule has 0 aromatic carbocycles. The van der Waals surface area contributed by atoms with E-state index in [1.807, 2.05) is 0 Å². The Morgan fingerprint density at radius 3 is 2.62 bits per heavy atom. The smallest absolute Gasteiger partial charge is 0.0478 e. The molecule has 0 aliphatic carbocycles. The van der Waals surface area contributed by atoms with Crippen molar-refractivity contribution in [2.24, 2.45) is 0 Å². The van der Waals surface area contributed by atoms with Gasteiger partial charge in [-0.15, -0.1) is 12.3 Å². The third-order valence-corrected chi connectivity index (χ3v) is 1.63. The van der Waals surface area contributed by atoms with E-state index in [1.54, 1.807) is 0 Å². The number of nitrogens with one attached hydrogen (secondary N) is 1. The minimum absolute atomic E-state index is 0.571. The van der Waals surface area contributed by atoms with Crippen molar-refractivity contribution in [2.45, 2.75) is 39.2 Å². The maximum absolute atomic E-state index is 5.38. The van der Waals surface area contributed by atoms with Crippen molar-refractivity contribution < 1.29 is 4.74 Å². The summed E-state index contributed by atoms with van der Waals surface area (Å²) in [7, 11) is 0. The summed E-state index contributed by atoms with van der Waals surface area (Å²) >= 11 is 0. The number of unbranched alkanes of at least 4 members (excludes halogenated alkanes) is 1. The van der Waals surface area contributed by atoms with Gasteiger partial charge >= 0.3 is 0 Å². The highest BCUT2D eigenvalue weighted by atomic mass is 16.5. The average Bonchev–Trinajstić information content (AvgIpc) is 2.09. The molecule has 0 heterocycles. The van der Waals surface area contributed by atoms with Crippen molar-refractivity contribution in [2.75, 3.05) is 19.8 Å². The fourth-order valence-corrected chi connectivity index (χ4v) is 0.943. The number of rotatable bonds is 8. The van der Waals surface area contributed by atoms with Crippen LogP contribution < -0.4 is 5.32 Å². The van der Waals surface area contributed by atoms with Gasteiger partial charge in [0.15, 0.2) is 0 Å². The van der Waals surface area contributed by atoms with E-state index in [1.165, 1.54) is 0 Å². The van der Waals surface area contributed by atoms with Gasteiger partial charge in [0.05, 0.1) is 0 Å². The van der Waals surface area contributed by atoms with Crippen molar-refractivity contribution in [1.29, 1.82) is 0 Å². The van der Waals surface area contributed by atoms with Crippen LogP contribution in [0, 0.1) is 12.3 Å². The van der Waals surface area contributed by atoms with Crippen LogP contribution in [0.25, 0.3) is 0 Å². The Morgan fingerprint density at radius 2 is 2.00 bits per heavy atom. The molecule has 0 atom stereocenters. The zero-order valence-corrected chi connectivity index (χ0v) is 8.81. The van der Waals surface area contributed by atoms with Crippen LogP contribution >= 0.6 is 0 Å². The lowest BCUT2D eigenvalue weighted by molar-refractivity contribution is 0.130. The second-order valence-corrected chi connectivity index (χ2v) is 3.38. The van der Waals surface area contributed by atoms with Crippen LogP contribution in [0.4, 0.5) is 0 Å². The van der Waals surface area contributed by atoms with E-state index in [0.29, 0.717) is 6.04 Å². The Morgan fingerprint density at radius 1 is 1.31 bits per heavy atom. The average molecular weight is 183 g/mol. The van der Waals surface area contributed by atoms with Gasteiger partial charge in [-0.3, -0.25) is 0 Å². The van der Waals surface area contributed by atoms with Gasteiger partial charge in [0.1, 0.15) is 0 Å². The Kier molecular flexibility index (Phi) is 9.18. The number of hydrogen-bond acceptors (Lipinski definition) is 2. The molecular weight excluding hydrogens is 162 g/mol. The molecule has 0 spiro atoms. The van der Waals surface area contributed by atoms with Gasteiger partial charge in [0, 0.05) is 25.7 Å². The van der Waals surface area contributed by atoms with Crippen molar-refractivity contribution in [3.8, 4) is 12.3 Å². The zero-order valence-electron chi connectivity index (χ0n) is 8.81. The molecule has 0 aromatic heterocycles. The van der Waals surface area contributed by atoms with Crippen LogP contribution in [0.1, 0.15) is 33.1 Å². The van der Waals surface area contributed by atoms with E-state index in [2.05, 4.69) is 25.1 Å². The van der Waals surface area contributed by atoms with Gasteiger partial charge in [-0.05, 0) is 19.4 Å². The summed E-state index contributed by atoms with van der Waals surface area (Å²) in [5.41, 5.74) is 0. The first-order valence-corrected chi connectivity index (χ1v) is 5.02. The Balaban J connectivity index is 2.88. The van der Waals surface area contributed by atoms with Gasteiger partial charge in [-0.25, -0.2) is 0 Å².